The molecule has 3 nitrogen and oxygen atoms in total. The van der Waals surface area contributed by atoms with Gasteiger partial charge in [-0.1, -0.05) is 35.9 Å². The van der Waals surface area contributed by atoms with Crippen molar-refractivity contribution >= 4 is 45.6 Å². The first-order chi connectivity index (χ1) is 9.83. The van der Waals surface area contributed by atoms with Crippen molar-refractivity contribution in [2.24, 2.45) is 5.10 Å². The molecule has 20 heavy (non-hydrogen) atoms. The van der Waals surface area contributed by atoms with Crippen molar-refractivity contribution in [2.45, 2.75) is 0 Å². The quantitative estimate of drug-likeness (QED) is 0.544. The summed E-state index contributed by atoms with van der Waals surface area (Å²) in [5.74, 6) is 0. The number of hydrogen-bond acceptors (Lipinski definition) is 5. The first kappa shape index (κ1) is 13.3. The minimum Gasteiger partial charge on any atom is -0.253 e. The second-order valence-corrected chi connectivity index (χ2v) is 6.12. The Morgan fingerprint density at radius 3 is 2.85 bits per heavy atom. The number of aromatic nitrogens is 1. The van der Waals surface area contributed by atoms with Gasteiger partial charge in [-0.25, -0.2) is 4.98 Å². The summed E-state index contributed by atoms with van der Waals surface area (Å²) in [5, 5.41) is 9.65. The first-order valence-corrected chi connectivity index (χ1v) is 7.99. The molecule has 0 atom stereocenters. The molecule has 3 aromatic rings. The fraction of sp³-hybridized carbons (Fsp3) is 0. The lowest BCUT2D eigenvalue weighted by Gasteiger charge is -1.96. The third kappa shape index (κ3) is 3.07. The lowest BCUT2D eigenvalue weighted by Crippen LogP contribution is -1.90. The summed E-state index contributed by atoms with van der Waals surface area (Å²) >= 11 is 9.24. The molecule has 0 amide bonds. The molecule has 0 saturated carbocycles. The highest BCUT2D eigenvalue weighted by Gasteiger charge is 2.04. The van der Waals surface area contributed by atoms with E-state index < -0.39 is 0 Å². The lowest BCUT2D eigenvalue weighted by atomic mass is 10.2. The summed E-state index contributed by atoms with van der Waals surface area (Å²) in [7, 11) is 0. The van der Waals surface area contributed by atoms with Crippen molar-refractivity contribution in [2.75, 3.05) is 5.43 Å². The van der Waals surface area contributed by atoms with E-state index in [1.54, 1.807) is 17.6 Å². The molecule has 3 rings (SSSR count). The van der Waals surface area contributed by atoms with Gasteiger partial charge in [-0.2, -0.15) is 5.10 Å². The van der Waals surface area contributed by atoms with Crippen molar-refractivity contribution in [3.05, 3.63) is 57.7 Å². The second-order valence-electron chi connectivity index (χ2n) is 3.91. The van der Waals surface area contributed by atoms with Gasteiger partial charge in [0.05, 0.1) is 16.8 Å². The number of halogens is 1. The van der Waals surface area contributed by atoms with Crippen molar-refractivity contribution < 1.29 is 0 Å². The fourth-order valence-electron chi connectivity index (χ4n) is 1.60. The van der Waals surface area contributed by atoms with Crippen molar-refractivity contribution in [3.63, 3.8) is 0 Å². The summed E-state index contributed by atoms with van der Waals surface area (Å²) in [5.41, 5.74) is 4.77. The topological polar surface area (TPSA) is 37.3 Å². The highest BCUT2D eigenvalue weighted by molar-refractivity contribution is 7.15. The standard InChI is InChI=1S/C14H10ClN3S2/c15-11-5-2-1-4-10(11)8-16-18-14-17-12(9-20-14)13-6-3-7-19-13/h1-9H,(H,17,18)/b16-8-. The molecule has 1 aromatic carbocycles. The maximum atomic E-state index is 6.05. The summed E-state index contributed by atoms with van der Waals surface area (Å²) < 4.78 is 0. The normalized spacial score (nSPS) is 11.1. The fourth-order valence-corrected chi connectivity index (χ4v) is 3.20. The van der Waals surface area contributed by atoms with Gasteiger partial charge in [-0.3, -0.25) is 5.43 Å². The van der Waals surface area contributed by atoms with Gasteiger partial charge in [-0.05, 0) is 17.5 Å². The number of anilines is 1. The Morgan fingerprint density at radius 1 is 1.15 bits per heavy atom. The molecule has 0 aliphatic carbocycles. The predicted molar refractivity (Wildman–Crippen MR) is 88.1 cm³/mol. The Hall–Kier alpha value is -1.69. The molecule has 2 heterocycles. The number of benzene rings is 1. The maximum Gasteiger partial charge on any atom is 0.203 e. The zero-order valence-electron chi connectivity index (χ0n) is 10.3. The summed E-state index contributed by atoms with van der Waals surface area (Å²) in [6, 6.07) is 11.6. The van der Waals surface area contributed by atoms with Crippen molar-refractivity contribution in [3.8, 4) is 10.6 Å². The van der Waals surface area contributed by atoms with Crippen LogP contribution in [0.2, 0.25) is 5.02 Å². The van der Waals surface area contributed by atoms with E-state index in [2.05, 4.69) is 21.6 Å². The zero-order valence-corrected chi connectivity index (χ0v) is 12.7. The van der Waals surface area contributed by atoms with E-state index in [1.807, 2.05) is 41.1 Å². The van der Waals surface area contributed by atoms with Crippen LogP contribution in [0.4, 0.5) is 5.13 Å². The Labute approximate surface area is 129 Å². The highest BCUT2D eigenvalue weighted by atomic mass is 35.5. The van der Waals surface area contributed by atoms with Crippen LogP contribution in [0.15, 0.2) is 52.3 Å². The molecular formula is C14H10ClN3S2. The molecule has 0 radical (unpaired) electrons. The predicted octanol–water partition coefficient (Wildman–Crippen LogP) is 4.97. The van der Waals surface area contributed by atoms with E-state index in [0.29, 0.717) is 5.02 Å². The van der Waals surface area contributed by atoms with Gasteiger partial charge in [0.2, 0.25) is 5.13 Å². The van der Waals surface area contributed by atoms with Crippen LogP contribution < -0.4 is 5.43 Å². The minimum absolute atomic E-state index is 0.677. The van der Waals surface area contributed by atoms with Crippen LogP contribution >= 0.6 is 34.3 Å². The van der Waals surface area contributed by atoms with Crippen LogP contribution in [0.1, 0.15) is 5.56 Å². The van der Waals surface area contributed by atoms with E-state index in [0.717, 1.165) is 21.3 Å². The third-order valence-electron chi connectivity index (χ3n) is 2.55. The monoisotopic (exact) mass is 319 g/mol. The Morgan fingerprint density at radius 2 is 2.05 bits per heavy atom. The molecular weight excluding hydrogens is 310 g/mol. The average molecular weight is 320 g/mol. The Kier molecular flexibility index (Phi) is 4.11. The Balaban J connectivity index is 1.69. The van der Waals surface area contributed by atoms with Crippen LogP contribution in [0.25, 0.3) is 10.6 Å². The number of rotatable bonds is 4. The smallest absolute Gasteiger partial charge is 0.203 e. The van der Waals surface area contributed by atoms with E-state index in [1.165, 1.54) is 11.3 Å². The number of thiazole rings is 1. The van der Waals surface area contributed by atoms with Crippen molar-refractivity contribution in [1.82, 2.24) is 4.98 Å². The number of nitrogens with one attached hydrogen (secondary N) is 1. The zero-order chi connectivity index (χ0) is 13.8. The molecule has 6 heteroatoms. The molecule has 0 fully saturated rings. The maximum absolute atomic E-state index is 6.05. The molecule has 0 aliphatic heterocycles. The number of hydrazone groups is 1. The summed E-state index contributed by atoms with van der Waals surface area (Å²) in [6.45, 7) is 0. The van der Waals surface area contributed by atoms with Crippen LogP contribution in [-0.4, -0.2) is 11.2 Å². The number of nitrogens with zero attached hydrogens (tertiary/aromatic N) is 2. The average Bonchev–Trinajstić information content (AvgIpc) is 3.11. The second kappa shape index (κ2) is 6.17. The molecule has 0 unspecified atom stereocenters. The van der Waals surface area contributed by atoms with Crippen LogP contribution in [0.3, 0.4) is 0 Å². The van der Waals surface area contributed by atoms with Gasteiger partial charge in [-0.15, -0.1) is 22.7 Å². The van der Waals surface area contributed by atoms with E-state index >= 15 is 0 Å². The van der Waals surface area contributed by atoms with Crippen LogP contribution in [0.5, 0.6) is 0 Å². The number of hydrogen-bond donors (Lipinski definition) is 1. The molecule has 100 valence electrons. The number of thiophene rings is 1. The SMILES string of the molecule is Clc1ccccc1/C=N\Nc1nc(-c2cccs2)cs1. The van der Waals surface area contributed by atoms with Gasteiger partial charge < -0.3 is 0 Å². The van der Waals surface area contributed by atoms with Gasteiger partial charge in [0, 0.05) is 16.0 Å². The molecule has 0 bridgehead atoms. The molecule has 0 saturated heterocycles. The third-order valence-corrected chi connectivity index (χ3v) is 4.53. The van der Waals surface area contributed by atoms with E-state index in [4.69, 9.17) is 11.6 Å². The van der Waals surface area contributed by atoms with Crippen LogP contribution in [0, 0.1) is 0 Å². The summed E-state index contributed by atoms with van der Waals surface area (Å²) in [6.07, 6.45) is 1.69. The van der Waals surface area contributed by atoms with Gasteiger partial charge in [0.1, 0.15) is 0 Å². The van der Waals surface area contributed by atoms with Crippen LogP contribution in [-0.2, 0) is 0 Å². The van der Waals surface area contributed by atoms with Gasteiger partial charge in [0.25, 0.3) is 0 Å². The first-order valence-electron chi connectivity index (χ1n) is 5.86. The van der Waals surface area contributed by atoms with E-state index in [9.17, 15) is 0 Å². The Bertz CT molecular complexity index is 720. The molecule has 1 N–H and O–H groups in total. The largest absolute Gasteiger partial charge is 0.253 e. The molecule has 0 aliphatic rings. The molecule has 2 aromatic heterocycles. The van der Waals surface area contributed by atoms with E-state index in [-0.39, 0.29) is 0 Å². The molecule has 0 spiro atoms. The lowest BCUT2D eigenvalue weighted by molar-refractivity contribution is 1.29. The highest BCUT2D eigenvalue weighted by Crippen LogP contribution is 2.28. The summed E-state index contributed by atoms with van der Waals surface area (Å²) in [4.78, 5) is 5.63. The van der Waals surface area contributed by atoms with Gasteiger partial charge >= 0.3 is 0 Å². The van der Waals surface area contributed by atoms with Crippen molar-refractivity contribution in [1.29, 1.82) is 0 Å². The minimum atomic E-state index is 0.677. The van der Waals surface area contributed by atoms with Gasteiger partial charge in [0.15, 0.2) is 0 Å².